The zero-order valence-corrected chi connectivity index (χ0v) is 16.6. The zero-order valence-electron chi connectivity index (χ0n) is 16.6. The summed E-state index contributed by atoms with van der Waals surface area (Å²) in [5.74, 6) is -0.555. The van der Waals surface area contributed by atoms with E-state index in [0.717, 1.165) is 48.3 Å². The Hall–Kier alpha value is -3.03. The molecule has 0 saturated carbocycles. The Kier molecular flexibility index (Phi) is 4.84. The van der Waals surface area contributed by atoms with Crippen molar-refractivity contribution in [3.05, 3.63) is 70.7 Å². The summed E-state index contributed by atoms with van der Waals surface area (Å²) in [6.45, 7) is 5.24. The van der Waals surface area contributed by atoms with Gasteiger partial charge in [0.1, 0.15) is 11.3 Å². The van der Waals surface area contributed by atoms with Gasteiger partial charge in [-0.3, -0.25) is 14.7 Å². The lowest BCUT2D eigenvalue weighted by atomic mass is 9.96. The van der Waals surface area contributed by atoms with Crippen LogP contribution >= 0.6 is 0 Å². The first-order valence-electron chi connectivity index (χ1n) is 10.2. The number of nitrogens with zero attached hydrogens (tertiary/aromatic N) is 3. The highest BCUT2D eigenvalue weighted by molar-refractivity contribution is 6.07. The van der Waals surface area contributed by atoms with E-state index in [1.54, 1.807) is 23.2 Å². The standard InChI is InChI=1S/C23H23FN4O2/c24-16-5-3-15(4-6-16)12-28-14-19-18(13-27-10-8-25-9-11-27)17-2-1-7-26-21(17)22(29)20(19)23(28)30/h1-7,25,29H,8-14H2. The first-order valence-corrected chi connectivity index (χ1v) is 10.2. The van der Waals surface area contributed by atoms with Crippen LogP contribution in [0.25, 0.3) is 10.9 Å². The van der Waals surface area contributed by atoms with E-state index < -0.39 is 0 Å². The van der Waals surface area contributed by atoms with Crippen molar-refractivity contribution < 1.29 is 14.3 Å². The number of amides is 1. The van der Waals surface area contributed by atoms with Crippen LogP contribution in [-0.2, 0) is 19.6 Å². The van der Waals surface area contributed by atoms with Crippen LogP contribution in [0, 0.1) is 5.82 Å². The van der Waals surface area contributed by atoms with E-state index in [1.807, 2.05) is 12.1 Å². The predicted molar refractivity (Wildman–Crippen MR) is 112 cm³/mol. The van der Waals surface area contributed by atoms with Crippen molar-refractivity contribution in [2.45, 2.75) is 19.6 Å². The molecule has 1 saturated heterocycles. The summed E-state index contributed by atoms with van der Waals surface area (Å²) < 4.78 is 13.3. The van der Waals surface area contributed by atoms with Crippen LogP contribution in [0.2, 0.25) is 0 Å². The van der Waals surface area contributed by atoms with Crippen molar-refractivity contribution in [1.82, 2.24) is 20.1 Å². The van der Waals surface area contributed by atoms with Gasteiger partial charge < -0.3 is 15.3 Å². The maximum absolute atomic E-state index is 13.3. The number of rotatable bonds is 4. The van der Waals surface area contributed by atoms with Crippen LogP contribution in [0.3, 0.4) is 0 Å². The number of fused-ring (bicyclic) bond motifs is 2. The van der Waals surface area contributed by atoms with E-state index in [0.29, 0.717) is 30.7 Å². The smallest absolute Gasteiger partial charge is 0.258 e. The van der Waals surface area contributed by atoms with E-state index >= 15 is 0 Å². The Balaban J connectivity index is 1.55. The third-order valence-corrected chi connectivity index (χ3v) is 5.99. The lowest BCUT2D eigenvalue weighted by Crippen LogP contribution is -2.43. The minimum Gasteiger partial charge on any atom is -0.505 e. The average molecular weight is 406 g/mol. The topological polar surface area (TPSA) is 68.7 Å². The van der Waals surface area contributed by atoms with Crippen molar-refractivity contribution in [3.8, 4) is 5.75 Å². The molecule has 0 unspecified atom stereocenters. The molecule has 1 fully saturated rings. The highest BCUT2D eigenvalue weighted by Gasteiger charge is 2.35. The van der Waals surface area contributed by atoms with Gasteiger partial charge in [-0.05, 0) is 34.9 Å². The molecule has 154 valence electrons. The number of benzene rings is 2. The fraction of sp³-hybridized carbons (Fsp3) is 0.304. The molecule has 2 aliphatic rings. The van der Waals surface area contributed by atoms with Crippen molar-refractivity contribution in [2.75, 3.05) is 26.2 Å². The fourth-order valence-electron chi connectivity index (χ4n) is 4.45. The van der Waals surface area contributed by atoms with E-state index in [9.17, 15) is 14.3 Å². The highest BCUT2D eigenvalue weighted by atomic mass is 19.1. The highest BCUT2D eigenvalue weighted by Crippen LogP contribution is 2.40. The van der Waals surface area contributed by atoms with E-state index in [1.165, 1.54) is 12.1 Å². The van der Waals surface area contributed by atoms with Crippen LogP contribution in [0.1, 0.15) is 27.0 Å². The second-order valence-electron chi connectivity index (χ2n) is 7.89. The average Bonchev–Trinajstić information content (AvgIpc) is 3.10. The summed E-state index contributed by atoms with van der Waals surface area (Å²) in [4.78, 5) is 21.7. The number of carbonyl (C=O) groups excluding carboxylic acids is 1. The number of hydrogen-bond acceptors (Lipinski definition) is 5. The molecule has 3 aromatic rings. The molecule has 5 rings (SSSR count). The number of hydrogen-bond donors (Lipinski definition) is 2. The van der Waals surface area contributed by atoms with Gasteiger partial charge in [0.25, 0.3) is 5.91 Å². The molecule has 30 heavy (non-hydrogen) atoms. The molecule has 0 radical (unpaired) electrons. The largest absolute Gasteiger partial charge is 0.505 e. The Morgan fingerprint density at radius 2 is 1.87 bits per heavy atom. The molecule has 6 nitrogen and oxygen atoms in total. The van der Waals surface area contributed by atoms with Crippen molar-refractivity contribution in [3.63, 3.8) is 0 Å². The molecule has 2 N–H and O–H groups in total. The second kappa shape index (κ2) is 7.66. The number of aromatic hydroxyl groups is 1. The van der Waals surface area contributed by atoms with Gasteiger partial charge in [0, 0.05) is 57.4 Å². The number of pyridine rings is 1. The summed E-state index contributed by atoms with van der Waals surface area (Å²) in [5.41, 5.74) is 3.61. The maximum Gasteiger partial charge on any atom is 0.258 e. The van der Waals surface area contributed by atoms with Crippen molar-refractivity contribution >= 4 is 16.8 Å². The molecule has 3 heterocycles. The van der Waals surface area contributed by atoms with Gasteiger partial charge in [-0.2, -0.15) is 0 Å². The van der Waals surface area contributed by atoms with E-state index in [2.05, 4.69) is 15.2 Å². The Labute approximate surface area is 173 Å². The Morgan fingerprint density at radius 1 is 1.10 bits per heavy atom. The first kappa shape index (κ1) is 19.0. The number of phenolic OH excluding ortho intramolecular Hbond substituents is 1. The van der Waals surface area contributed by atoms with Gasteiger partial charge in [-0.25, -0.2) is 4.39 Å². The molecule has 0 atom stereocenters. The van der Waals surface area contributed by atoms with Crippen LogP contribution in [0.15, 0.2) is 42.6 Å². The first-order chi connectivity index (χ1) is 14.6. The van der Waals surface area contributed by atoms with Gasteiger partial charge in [-0.1, -0.05) is 18.2 Å². The van der Waals surface area contributed by atoms with Crippen molar-refractivity contribution in [1.29, 1.82) is 0 Å². The maximum atomic E-state index is 13.3. The number of aromatic nitrogens is 1. The molecule has 0 aliphatic carbocycles. The molecule has 1 amide bonds. The van der Waals surface area contributed by atoms with Crippen LogP contribution in [-0.4, -0.2) is 52.0 Å². The summed E-state index contributed by atoms with van der Waals surface area (Å²) in [6, 6.07) is 9.99. The lowest BCUT2D eigenvalue weighted by molar-refractivity contribution is 0.0764. The third-order valence-electron chi connectivity index (χ3n) is 5.99. The number of phenols is 1. The molecule has 0 spiro atoms. The monoisotopic (exact) mass is 406 g/mol. The minimum absolute atomic E-state index is 0.0451. The summed E-state index contributed by atoms with van der Waals surface area (Å²) in [7, 11) is 0. The predicted octanol–water partition coefficient (Wildman–Crippen LogP) is 2.64. The molecule has 2 aliphatic heterocycles. The molecule has 7 heteroatoms. The number of nitrogens with one attached hydrogen (secondary N) is 1. The van der Waals surface area contributed by atoms with Crippen LogP contribution in [0.4, 0.5) is 4.39 Å². The summed E-state index contributed by atoms with van der Waals surface area (Å²) in [6.07, 6.45) is 1.64. The van der Waals surface area contributed by atoms with E-state index in [-0.39, 0.29) is 17.5 Å². The van der Waals surface area contributed by atoms with E-state index in [4.69, 9.17) is 0 Å². The van der Waals surface area contributed by atoms with Crippen LogP contribution in [0.5, 0.6) is 5.75 Å². The molecule has 2 aromatic carbocycles. The van der Waals surface area contributed by atoms with Crippen molar-refractivity contribution in [2.24, 2.45) is 0 Å². The van der Waals surface area contributed by atoms with Gasteiger partial charge in [0.2, 0.25) is 0 Å². The van der Waals surface area contributed by atoms with Gasteiger partial charge in [0.15, 0.2) is 5.75 Å². The Bertz CT molecular complexity index is 1110. The molecular formula is C23H23FN4O2. The Morgan fingerprint density at radius 3 is 2.63 bits per heavy atom. The molecular weight excluding hydrogens is 383 g/mol. The summed E-state index contributed by atoms with van der Waals surface area (Å²) >= 11 is 0. The normalized spacial score (nSPS) is 17.0. The lowest BCUT2D eigenvalue weighted by Gasteiger charge is -2.28. The number of halogens is 1. The number of piperazine rings is 1. The third kappa shape index (κ3) is 3.30. The van der Waals surface area contributed by atoms with Crippen LogP contribution < -0.4 is 5.32 Å². The SMILES string of the molecule is O=C1c2c(c(CN3CCNCC3)c3cccnc3c2O)CN1Cc1ccc(F)cc1. The molecule has 1 aromatic heterocycles. The quantitative estimate of drug-likeness (QED) is 0.697. The minimum atomic E-state index is -0.303. The molecule has 0 bridgehead atoms. The second-order valence-corrected chi connectivity index (χ2v) is 7.89. The zero-order chi connectivity index (χ0) is 20.7. The fourth-order valence-corrected chi connectivity index (χ4v) is 4.45. The summed E-state index contributed by atoms with van der Waals surface area (Å²) in [5, 5.41) is 15.2. The van der Waals surface area contributed by atoms with Gasteiger partial charge >= 0.3 is 0 Å². The van der Waals surface area contributed by atoms with Gasteiger partial charge in [0.05, 0.1) is 5.56 Å². The number of carbonyl (C=O) groups is 1. The van der Waals surface area contributed by atoms with Gasteiger partial charge in [-0.15, -0.1) is 0 Å².